The lowest BCUT2D eigenvalue weighted by Gasteiger charge is -2.33. The SMILES string of the molecule is O=CN1CCN(c2nc3c(c(Nc4ccccc4)n2)C(=O)CCC3)CC1. The fourth-order valence-corrected chi connectivity index (χ4v) is 3.43. The Morgan fingerprint density at radius 1 is 1.00 bits per heavy atom. The first-order valence-corrected chi connectivity index (χ1v) is 8.95. The molecule has 0 saturated carbocycles. The van der Waals surface area contributed by atoms with Gasteiger partial charge in [-0.05, 0) is 25.0 Å². The van der Waals surface area contributed by atoms with Gasteiger partial charge < -0.3 is 15.1 Å². The van der Waals surface area contributed by atoms with Crippen LogP contribution in [-0.2, 0) is 11.2 Å². The number of para-hydroxylation sites is 1. The molecule has 0 radical (unpaired) electrons. The first-order valence-electron chi connectivity index (χ1n) is 8.95. The van der Waals surface area contributed by atoms with Crippen molar-refractivity contribution in [2.45, 2.75) is 19.3 Å². The van der Waals surface area contributed by atoms with Gasteiger partial charge in [-0.1, -0.05) is 18.2 Å². The molecular formula is C19H21N5O2. The van der Waals surface area contributed by atoms with E-state index in [9.17, 15) is 9.59 Å². The van der Waals surface area contributed by atoms with Gasteiger partial charge in [0.2, 0.25) is 12.4 Å². The van der Waals surface area contributed by atoms with Gasteiger partial charge in [-0.3, -0.25) is 9.59 Å². The molecule has 2 aliphatic rings. The molecule has 1 saturated heterocycles. The average Bonchev–Trinajstić information content (AvgIpc) is 2.69. The van der Waals surface area contributed by atoms with E-state index in [4.69, 9.17) is 0 Å². The van der Waals surface area contributed by atoms with E-state index >= 15 is 0 Å². The quantitative estimate of drug-likeness (QED) is 0.849. The molecule has 2 aromatic rings. The normalized spacial score (nSPS) is 17.0. The number of Topliss-reactive ketones (excluding diaryl/α,β-unsaturated/α-hetero) is 1. The topological polar surface area (TPSA) is 78.4 Å². The van der Waals surface area contributed by atoms with E-state index in [2.05, 4.69) is 20.2 Å². The Morgan fingerprint density at radius 3 is 2.50 bits per heavy atom. The number of aryl methyl sites for hydroxylation is 1. The van der Waals surface area contributed by atoms with Crippen molar-refractivity contribution < 1.29 is 9.59 Å². The zero-order valence-corrected chi connectivity index (χ0v) is 14.5. The molecule has 134 valence electrons. The fraction of sp³-hybridized carbons (Fsp3) is 0.368. The standard InChI is InChI=1S/C19H21N5O2/c25-13-23-9-11-24(12-10-23)19-21-15-7-4-8-16(26)17(15)18(22-19)20-14-5-2-1-3-6-14/h1-3,5-6,13H,4,7-12H2,(H,20,21,22). The number of piperazine rings is 1. The molecule has 0 spiro atoms. The summed E-state index contributed by atoms with van der Waals surface area (Å²) in [5, 5.41) is 3.30. The molecule has 0 unspecified atom stereocenters. The summed E-state index contributed by atoms with van der Waals surface area (Å²) in [7, 11) is 0. The second kappa shape index (κ2) is 7.11. The third-order valence-corrected chi connectivity index (χ3v) is 4.85. The van der Waals surface area contributed by atoms with Gasteiger partial charge in [0.1, 0.15) is 5.82 Å². The van der Waals surface area contributed by atoms with Crippen LogP contribution >= 0.6 is 0 Å². The lowest BCUT2D eigenvalue weighted by Crippen LogP contribution is -2.46. The molecule has 1 fully saturated rings. The number of fused-ring (bicyclic) bond motifs is 1. The fourth-order valence-electron chi connectivity index (χ4n) is 3.43. The van der Waals surface area contributed by atoms with Crippen molar-refractivity contribution in [2.24, 2.45) is 0 Å². The Kier molecular flexibility index (Phi) is 4.51. The van der Waals surface area contributed by atoms with E-state index in [1.807, 2.05) is 30.3 Å². The molecule has 1 amide bonds. The van der Waals surface area contributed by atoms with Gasteiger partial charge in [0.25, 0.3) is 0 Å². The molecule has 0 bridgehead atoms. The summed E-state index contributed by atoms with van der Waals surface area (Å²) < 4.78 is 0. The zero-order chi connectivity index (χ0) is 17.9. The minimum atomic E-state index is 0.0991. The van der Waals surface area contributed by atoms with Crippen LogP contribution in [0.25, 0.3) is 0 Å². The largest absolute Gasteiger partial charge is 0.342 e. The van der Waals surface area contributed by atoms with E-state index in [-0.39, 0.29) is 5.78 Å². The maximum atomic E-state index is 12.5. The highest BCUT2D eigenvalue weighted by Crippen LogP contribution is 2.30. The van der Waals surface area contributed by atoms with Gasteiger partial charge in [-0.25, -0.2) is 4.98 Å². The second-order valence-electron chi connectivity index (χ2n) is 6.59. The molecule has 7 heteroatoms. The molecule has 7 nitrogen and oxygen atoms in total. The summed E-state index contributed by atoms with van der Waals surface area (Å²) >= 11 is 0. The van der Waals surface area contributed by atoms with Crippen LogP contribution in [0.1, 0.15) is 28.9 Å². The Labute approximate surface area is 152 Å². The Balaban J connectivity index is 1.69. The smallest absolute Gasteiger partial charge is 0.227 e. The molecule has 1 aliphatic heterocycles. The predicted molar refractivity (Wildman–Crippen MR) is 98.9 cm³/mol. The number of rotatable bonds is 4. The van der Waals surface area contributed by atoms with E-state index < -0.39 is 0 Å². The van der Waals surface area contributed by atoms with Crippen LogP contribution in [0.3, 0.4) is 0 Å². The summed E-state index contributed by atoms with van der Waals surface area (Å²) in [6.07, 6.45) is 3.03. The van der Waals surface area contributed by atoms with Crippen molar-refractivity contribution in [3.05, 3.63) is 41.6 Å². The van der Waals surface area contributed by atoms with Crippen molar-refractivity contribution in [2.75, 3.05) is 36.4 Å². The summed E-state index contributed by atoms with van der Waals surface area (Å²) in [6.45, 7) is 2.70. The highest BCUT2D eigenvalue weighted by Gasteiger charge is 2.27. The molecule has 1 aromatic carbocycles. The van der Waals surface area contributed by atoms with Crippen molar-refractivity contribution in [1.29, 1.82) is 0 Å². The maximum Gasteiger partial charge on any atom is 0.227 e. The monoisotopic (exact) mass is 351 g/mol. The average molecular weight is 351 g/mol. The summed E-state index contributed by atoms with van der Waals surface area (Å²) in [6, 6.07) is 9.73. The molecule has 2 heterocycles. The van der Waals surface area contributed by atoms with E-state index in [1.165, 1.54) is 0 Å². The van der Waals surface area contributed by atoms with Crippen molar-refractivity contribution in [1.82, 2.24) is 14.9 Å². The van der Waals surface area contributed by atoms with Crippen molar-refractivity contribution >= 4 is 29.6 Å². The number of carbonyl (C=O) groups excluding carboxylic acids is 2. The Bertz CT molecular complexity index is 816. The molecular weight excluding hydrogens is 330 g/mol. The third kappa shape index (κ3) is 3.24. The van der Waals surface area contributed by atoms with Crippen molar-refractivity contribution in [3.63, 3.8) is 0 Å². The van der Waals surface area contributed by atoms with E-state index in [0.29, 0.717) is 49.9 Å². The number of nitrogens with one attached hydrogen (secondary N) is 1. The van der Waals surface area contributed by atoms with Crippen LogP contribution in [0.15, 0.2) is 30.3 Å². The van der Waals surface area contributed by atoms with Crippen molar-refractivity contribution in [3.8, 4) is 0 Å². The summed E-state index contributed by atoms with van der Waals surface area (Å²) in [5.74, 6) is 1.31. The minimum absolute atomic E-state index is 0.0991. The van der Waals surface area contributed by atoms with Crippen LogP contribution < -0.4 is 10.2 Å². The molecule has 1 aromatic heterocycles. The van der Waals surface area contributed by atoms with Gasteiger partial charge >= 0.3 is 0 Å². The number of benzene rings is 1. The highest BCUT2D eigenvalue weighted by atomic mass is 16.1. The molecule has 1 N–H and O–H groups in total. The first kappa shape index (κ1) is 16.5. The zero-order valence-electron chi connectivity index (χ0n) is 14.5. The lowest BCUT2D eigenvalue weighted by molar-refractivity contribution is -0.118. The first-order chi connectivity index (χ1) is 12.7. The van der Waals surface area contributed by atoms with E-state index in [0.717, 1.165) is 30.6 Å². The van der Waals surface area contributed by atoms with Gasteiger partial charge in [-0.2, -0.15) is 4.98 Å². The number of hydrogen-bond donors (Lipinski definition) is 1. The van der Waals surface area contributed by atoms with Crippen LogP contribution in [0, 0.1) is 0 Å². The lowest BCUT2D eigenvalue weighted by atomic mass is 9.95. The second-order valence-corrected chi connectivity index (χ2v) is 6.59. The number of carbonyl (C=O) groups is 2. The molecule has 4 rings (SSSR count). The molecule has 1 aliphatic carbocycles. The highest BCUT2D eigenvalue weighted by molar-refractivity contribution is 6.03. The van der Waals surface area contributed by atoms with Crippen LogP contribution in [-0.4, -0.2) is 53.2 Å². The Morgan fingerprint density at radius 2 is 1.77 bits per heavy atom. The van der Waals surface area contributed by atoms with Gasteiger partial charge in [0.15, 0.2) is 5.78 Å². The molecule has 0 atom stereocenters. The Hall–Kier alpha value is -2.96. The summed E-state index contributed by atoms with van der Waals surface area (Å²) in [5.41, 5.74) is 2.33. The van der Waals surface area contributed by atoms with Crippen LogP contribution in [0.4, 0.5) is 17.5 Å². The molecule has 26 heavy (non-hydrogen) atoms. The van der Waals surface area contributed by atoms with Gasteiger partial charge in [0, 0.05) is 38.3 Å². The maximum absolute atomic E-state index is 12.5. The van der Waals surface area contributed by atoms with Gasteiger partial charge in [-0.15, -0.1) is 0 Å². The minimum Gasteiger partial charge on any atom is -0.342 e. The third-order valence-electron chi connectivity index (χ3n) is 4.85. The number of nitrogens with zero attached hydrogens (tertiary/aromatic N) is 4. The number of amides is 1. The van der Waals surface area contributed by atoms with Gasteiger partial charge in [0.05, 0.1) is 11.3 Å². The number of ketones is 1. The van der Waals surface area contributed by atoms with Crippen LogP contribution in [0.2, 0.25) is 0 Å². The number of aromatic nitrogens is 2. The number of anilines is 3. The van der Waals surface area contributed by atoms with Crippen LogP contribution in [0.5, 0.6) is 0 Å². The predicted octanol–water partition coefficient (Wildman–Crippen LogP) is 2.02. The summed E-state index contributed by atoms with van der Waals surface area (Å²) in [4.78, 5) is 36.6. The number of hydrogen-bond acceptors (Lipinski definition) is 6. The van der Waals surface area contributed by atoms with E-state index in [1.54, 1.807) is 4.90 Å².